The Morgan fingerprint density at radius 1 is 1.24 bits per heavy atom. The van der Waals surface area contributed by atoms with E-state index in [2.05, 4.69) is 31.0 Å². The summed E-state index contributed by atoms with van der Waals surface area (Å²) in [4.78, 5) is 22.3. The Balaban J connectivity index is 1.41. The van der Waals surface area contributed by atoms with Crippen LogP contribution in [0.5, 0.6) is 0 Å². The van der Waals surface area contributed by atoms with Crippen LogP contribution in [0.4, 0.5) is 29.3 Å². The molecular weight excluding hydrogens is 568 g/mol. The number of benzene rings is 2. The number of nitrogen functional groups attached to an aromatic ring is 1. The number of nitrogens with two attached hydrogens (primary N) is 1. The molecule has 5 rings (SSSR count). The summed E-state index contributed by atoms with van der Waals surface area (Å²) in [6.07, 6.45) is -1.96. The SMILES string of the molecule is CC1=C(C(=O)NCc2cnn(CC(F)(F)F)c2)C(c2ccc(C)cc2Cl)N=C(Nc2nc3ccc(F)c(N)c3o2)N1. The highest BCUT2D eigenvalue weighted by Crippen LogP contribution is 2.36. The summed E-state index contributed by atoms with van der Waals surface area (Å²) in [5.41, 5.74) is 8.41. The van der Waals surface area contributed by atoms with Crippen molar-refractivity contribution >= 4 is 46.3 Å². The molecule has 4 aromatic rings. The number of anilines is 2. The smallest absolute Gasteiger partial charge is 0.408 e. The Morgan fingerprint density at radius 2 is 2.02 bits per heavy atom. The fraction of sp³-hybridized carbons (Fsp3) is 0.231. The zero-order valence-corrected chi connectivity index (χ0v) is 22.4. The van der Waals surface area contributed by atoms with Crippen LogP contribution in [0.1, 0.15) is 29.7 Å². The number of halogens is 5. The minimum Gasteiger partial charge on any atom is -0.421 e. The number of carbonyl (C=O) groups excluding carboxylic acids is 1. The number of hydrogen-bond donors (Lipinski definition) is 4. The Kier molecular flexibility index (Phi) is 7.34. The van der Waals surface area contributed by atoms with E-state index in [-0.39, 0.29) is 35.4 Å². The third kappa shape index (κ3) is 6.11. The summed E-state index contributed by atoms with van der Waals surface area (Å²) in [5.74, 6) is -1.00. The van der Waals surface area contributed by atoms with Crippen LogP contribution in [0.3, 0.4) is 0 Å². The number of alkyl halides is 3. The molecule has 1 atom stereocenters. The number of aromatic nitrogens is 3. The molecule has 0 bridgehead atoms. The average Bonchev–Trinajstić information content (AvgIpc) is 3.50. The van der Waals surface area contributed by atoms with E-state index in [1.807, 2.05) is 13.0 Å². The van der Waals surface area contributed by atoms with Gasteiger partial charge in [-0.15, -0.1) is 0 Å². The van der Waals surface area contributed by atoms with Crippen LogP contribution in [-0.2, 0) is 17.9 Å². The summed E-state index contributed by atoms with van der Waals surface area (Å²) >= 11 is 6.56. The molecule has 10 nitrogen and oxygen atoms in total. The maximum atomic E-state index is 13.9. The topological polar surface area (TPSA) is 135 Å². The number of nitrogens with zero attached hydrogens (tertiary/aromatic N) is 4. The fourth-order valence-corrected chi connectivity index (χ4v) is 4.64. The number of aryl methyl sites for hydroxylation is 1. The zero-order valence-electron chi connectivity index (χ0n) is 21.6. The number of fused-ring (bicyclic) bond motifs is 1. The molecule has 1 aliphatic rings. The lowest BCUT2D eigenvalue weighted by molar-refractivity contribution is -0.142. The Bertz CT molecular complexity index is 1710. The maximum absolute atomic E-state index is 13.9. The molecule has 0 aliphatic carbocycles. The van der Waals surface area contributed by atoms with Gasteiger partial charge in [0.05, 0.1) is 11.8 Å². The number of aliphatic imine (C=N–C) groups is 1. The van der Waals surface area contributed by atoms with E-state index in [0.29, 0.717) is 27.4 Å². The molecule has 214 valence electrons. The van der Waals surface area contributed by atoms with Crippen molar-refractivity contribution in [2.24, 2.45) is 4.99 Å². The number of amides is 1. The second kappa shape index (κ2) is 10.8. The molecule has 1 unspecified atom stereocenters. The minimum atomic E-state index is -4.42. The lowest BCUT2D eigenvalue weighted by Crippen LogP contribution is -2.39. The normalized spacial score (nSPS) is 15.6. The first-order valence-electron chi connectivity index (χ1n) is 12.2. The lowest BCUT2D eigenvalue weighted by atomic mass is 9.95. The predicted molar refractivity (Wildman–Crippen MR) is 144 cm³/mol. The third-order valence-electron chi connectivity index (χ3n) is 6.19. The van der Waals surface area contributed by atoms with Crippen molar-refractivity contribution < 1.29 is 26.8 Å². The van der Waals surface area contributed by atoms with Crippen molar-refractivity contribution in [3.05, 3.63) is 81.5 Å². The standard InChI is InChI=1S/C26H23ClF4N8O2/c1-12-3-4-15(16(27)7-12)21-19(23(40)33-8-14-9-34-39(10-14)11-26(29,30)31)13(2)35-24(37-21)38-25-36-18-6-5-17(28)20(32)22(18)41-25/h3-7,9-10,21H,8,11,32H2,1-2H3,(H,33,40)(H2,35,36,37,38). The van der Waals surface area contributed by atoms with Gasteiger partial charge in [-0.2, -0.15) is 23.3 Å². The quantitative estimate of drug-likeness (QED) is 0.184. The van der Waals surface area contributed by atoms with E-state index in [1.54, 1.807) is 19.1 Å². The van der Waals surface area contributed by atoms with Gasteiger partial charge >= 0.3 is 12.2 Å². The fourth-order valence-electron chi connectivity index (χ4n) is 4.30. The van der Waals surface area contributed by atoms with Gasteiger partial charge in [-0.1, -0.05) is 23.7 Å². The van der Waals surface area contributed by atoms with E-state index in [0.717, 1.165) is 10.2 Å². The number of allylic oxidation sites excluding steroid dienone is 1. The van der Waals surface area contributed by atoms with Crippen molar-refractivity contribution in [2.45, 2.75) is 39.2 Å². The highest BCUT2D eigenvalue weighted by atomic mass is 35.5. The van der Waals surface area contributed by atoms with Crippen LogP contribution in [-0.4, -0.2) is 32.8 Å². The van der Waals surface area contributed by atoms with Crippen LogP contribution >= 0.6 is 11.6 Å². The molecule has 0 saturated heterocycles. The van der Waals surface area contributed by atoms with Crippen LogP contribution in [0.15, 0.2) is 63.4 Å². The maximum Gasteiger partial charge on any atom is 0.408 e. The van der Waals surface area contributed by atoms with Gasteiger partial charge in [0.1, 0.15) is 29.6 Å². The summed E-state index contributed by atoms with van der Waals surface area (Å²) in [6, 6.07) is 7.00. The molecule has 41 heavy (non-hydrogen) atoms. The molecule has 1 aliphatic heterocycles. The first-order valence-corrected chi connectivity index (χ1v) is 12.5. The highest BCUT2D eigenvalue weighted by molar-refractivity contribution is 6.31. The van der Waals surface area contributed by atoms with Gasteiger partial charge in [0.2, 0.25) is 5.96 Å². The van der Waals surface area contributed by atoms with Crippen LogP contribution in [0.2, 0.25) is 5.02 Å². The van der Waals surface area contributed by atoms with Gasteiger partial charge in [-0.3, -0.25) is 14.8 Å². The summed E-state index contributed by atoms with van der Waals surface area (Å²) in [6.45, 7) is 2.21. The average molecular weight is 591 g/mol. The highest BCUT2D eigenvalue weighted by Gasteiger charge is 2.32. The molecule has 0 spiro atoms. The Hall–Kier alpha value is -4.59. The summed E-state index contributed by atoms with van der Waals surface area (Å²) < 4.78 is 58.2. The number of hydrogen-bond acceptors (Lipinski definition) is 8. The summed E-state index contributed by atoms with van der Waals surface area (Å²) in [5, 5.41) is 12.7. The first kappa shape index (κ1) is 28.0. The van der Waals surface area contributed by atoms with Crippen molar-refractivity contribution in [2.75, 3.05) is 11.1 Å². The van der Waals surface area contributed by atoms with Gasteiger partial charge < -0.3 is 20.8 Å². The minimum absolute atomic E-state index is 0.0196. The number of nitrogens with one attached hydrogen (secondary N) is 3. The number of guanidine groups is 1. The van der Waals surface area contributed by atoms with E-state index in [1.165, 1.54) is 24.5 Å². The van der Waals surface area contributed by atoms with Crippen LogP contribution in [0.25, 0.3) is 11.1 Å². The van der Waals surface area contributed by atoms with Gasteiger partial charge in [0.15, 0.2) is 5.58 Å². The van der Waals surface area contributed by atoms with Gasteiger partial charge in [0.25, 0.3) is 5.91 Å². The Morgan fingerprint density at radius 3 is 2.76 bits per heavy atom. The summed E-state index contributed by atoms with van der Waals surface area (Å²) in [7, 11) is 0. The molecule has 0 saturated carbocycles. The second-order valence-electron chi connectivity index (χ2n) is 9.37. The van der Waals surface area contributed by atoms with E-state index in [4.69, 9.17) is 21.8 Å². The molecule has 5 N–H and O–H groups in total. The number of rotatable bonds is 6. The van der Waals surface area contributed by atoms with E-state index in [9.17, 15) is 22.4 Å². The van der Waals surface area contributed by atoms with E-state index >= 15 is 0 Å². The van der Waals surface area contributed by atoms with Crippen molar-refractivity contribution in [1.29, 1.82) is 0 Å². The first-order chi connectivity index (χ1) is 19.4. The molecule has 0 radical (unpaired) electrons. The number of carbonyl (C=O) groups is 1. The predicted octanol–water partition coefficient (Wildman–Crippen LogP) is 4.97. The molecule has 1 amide bonds. The largest absolute Gasteiger partial charge is 0.421 e. The molecule has 2 aromatic carbocycles. The monoisotopic (exact) mass is 590 g/mol. The van der Waals surface area contributed by atoms with Gasteiger partial charge in [-0.25, -0.2) is 9.38 Å². The molecule has 2 aromatic heterocycles. The van der Waals surface area contributed by atoms with E-state index < -0.39 is 30.5 Å². The number of oxazole rings is 1. The van der Waals surface area contributed by atoms with Gasteiger partial charge in [0, 0.05) is 34.6 Å². The molecular formula is C26H23ClF4N8O2. The Labute approximate surface area is 235 Å². The second-order valence-corrected chi connectivity index (χ2v) is 9.77. The molecule has 0 fully saturated rings. The van der Waals surface area contributed by atoms with Gasteiger partial charge in [-0.05, 0) is 37.6 Å². The third-order valence-corrected chi connectivity index (χ3v) is 6.51. The van der Waals surface area contributed by atoms with Crippen molar-refractivity contribution in [3.63, 3.8) is 0 Å². The van der Waals surface area contributed by atoms with Crippen LogP contribution < -0.4 is 21.7 Å². The van der Waals surface area contributed by atoms with Crippen molar-refractivity contribution in [3.8, 4) is 0 Å². The van der Waals surface area contributed by atoms with Crippen molar-refractivity contribution in [1.82, 2.24) is 25.4 Å². The lowest BCUT2D eigenvalue weighted by Gasteiger charge is -2.27. The zero-order chi connectivity index (χ0) is 29.5. The van der Waals surface area contributed by atoms with Crippen LogP contribution in [0, 0.1) is 12.7 Å². The molecule has 15 heteroatoms. The molecule has 3 heterocycles.